The van der Waals surface area contributed by atoms with Crippen LogP contribution in [0.2, 0.25) is 0 Å². The van der Waals surface area contributed by atoms with Crippen molar-refractivity contribution in [2.45, 2.75) is 99.3 Å². The molecule has 0 saturated carbocycles. The Labute approximate surface area is 289 Å². The Morgan fingerprint density at radius 3 is 1.27 bits per heavy atom. The predicted molar refractivity (Wildman–Crippen MR) is 199 cm³/mol. The molecule has 0 amide bonds. The SMILES string of the molecule is CC(C)(C)CC(C)(C)c1cc(O)c(Cc2c(O)cc(C(C)(C)CC(C)(C)C)cc2-c2cccc3n[nH]nc23)c(-c2cccc3n[nH]nc23)c1. The molecule has 8 nitrogen and oxygen atoms in total. The highest BCUT2D eigenvalue weighted by Crippen LogP contribution is 2.47. The lowest BCUT2D eigenvalue weighted by Gasteiger charge is -2.34. The van der Waals surface area contributed by atoms with Crippen LogP contribution < -0.4 is 0 Å². The van der Waals surface area contributed by atoms with E-state index >= 15 is 0 Å². The van der Waals surface area contributed by atoms with E-state index < -0.39 is 0 Å². The monoisotopic (exact) mass is 658 g/mol. The van der Waals surface area contributed by atoms with E-state index in [1.807, 2.05) is 48.5 Å². The number of H-pyrrole nitrogens is 2. The summed E-state index contributed by atoms with van der Waals surface area (Å²) in [6.07, 6.45) is 2.11. The third-order valence-corrected chi connectivity index (χ3v) is 9.59. The molecule has 0 radical (unpaired) electrons. The molecule has 8 heteroatoms. The molecule has 2 aromatic heterocycles. The summed E-state index contributed by atoms with van der Waals surface area (Å²) in [5, 5.41) is 47.4. The van der Waals surface area contributed by atoms with Crippen LogP contribution in [0.5, 0.6) is 11.5 Å². The number of hydrogen-bond donors (Lipinski definition) is 4. The number of nitrogens with zero attached hydrogens (tertiary/aromatic N) is 4. The summed E-state index contributed by atoms with van der Waals surface area (Å²) < 4.78 is 0. The van der Waals surface area contributed by atoms with Crippen molar-refractivity contribution in [1.82, 2.24) is 30.8 Å². The lowest BCUT2D eigenvalue weighted by molar-refractivity contribution is 0.283. The van der Waals surface area contributed by atoms with Crippen molar-refractivity contribution in [2.75, 3.05) is 0 Å². The van der Waals surface area contributed by atoms with Gasteiger partial charge in [0.2, 0.25) is 0 Å². The molecular weight excluding hydrogens is 608 g/mol. The van der Waals surface area contributed by atoms with Crippen molar-refractivity contribution in [3.05, 3.63) is 82.9 Å². The number of rotatable bonds is 8. The van der Waals surface area contributed by atoms with Crippen LogP contribution in [0.1, 0.15) is 104 Å². The molecule has 0 aliphatic carbocycles. The van der Waals surface area contributed by atoms with Crippen molar-refractivity contribution >= 4 is 22.1 Å². The zero-order chi connectivity index (χ0) is 35.5. The smallest absolute Gasteiger partial charge is 0.120 e. The molecule has 4 N–H and O–H groups in total. The second-order valence-electron chi connectivity index (χ2n) is 17.5. The van der Waals surface area contributed by atoms with Crippen LogP contribution in [0, 0.1) is 10.8 Å². The van der Waals surface area contributed by atoms with Crippen molar-refractivity contribution < 1.29 is 10.2 Å². The molecule has 0 atom stereocenters. The van der Waals surface area contributed by atoms with E-state index in [4.69, 9.17) is 0 Å². The molecule has 49 heavy (non-hydrogen) atoms. The minimum atomic E-state index is -0.225. The predicted octanol–water partition coefficient (Wildman–Crippen LogP) is 9.99. The van der Waals surface area contributed by atoms with Gasteiger partial charge in [0, 0.05) is 28.7 Å². The quantitative estimate of drug-likeness (QED) is 0.129. The van der Waals surface area contributed by atoms with Gasteiger partial charge in [0.05, 0.1) is 0 Å². The summed E-state index contributed by atoms with van der Waals surface area (Å²) in [4.78, 5) is 0. The zero-order valence-electron chi connectivity index (χ0n) is 30.6. The van der Waals surface area contributed by atoms with Gasteiger partial charge in [-0.3, -0.25) is 0 Å². The minimum Gasteiger partial charge on any atom is -0.508 e. The molecule has 0 spiro atoms. The van der Waals surface area contributed by atoms with Gasteiger partial charge in [0.25, 0.3) is 0 Å². The van der Waals surface area contributed by atoms with Crippen LogP contribution in [-0.4, -0.2) is 41.0 Å². The maximum Gasteiger partial charge on any atom is 0.120 e. The maximum atomic E-state index is 12.0. The van der Waals surface area contributed by atoms with E-state index in [0.717, 1.165) is 68.3 Å². The van der Waals surface area contributed by atoms with Gasteiger partial charge in [-0.15, -0.1) is 0 Å². The number of phenols is 2. The fourth-order valence-electron chi connectivity index (χ4n) is 8.15. The summed E-state index contributed by atoms with van der Waals surface area (Å²) >= 11 is 0. The molecule has 0 aliphatic heterocycles. The highest BCUT2D eigenvalue weighted by Gasteiger charge is 2.32. The Morgan fingerprint density at radius 1 is 0.510 bits per heavy atom. The van der Waals surface area contributed by atoms with Crippen LogP contribution in [0.15, 0.2) is 60.7 Å². The Bertz CT molecular complexity index is 2000. The number of aromatic amines is 2. The molecule has 2 heterocycles. The average Bonchev–Trinajstić information content (AvgIpc) is 3.66. The third kappa shape index (κ3) is 6.91. The zero-order valence-corrected chi connectivity index (χ0v) is 30.6. The summed E-state index contributed by atoms with van der Waals surface area (Å²) in [7, 11) is 0. The number of fused-ring (bicyclic) bond motifs is 2. The fourth-order valence-corrected chi connectivity index (χ4v) is 8.15. The van der Waals surface area contributed by atoms with Crippen LogP contribution in [0.3, 0.4) is 0 Å². The first-order chi connectivity index (χ1) is 22.8. The molecule has 0 saturated heterocycles. The molecule has 0 bridgehead atoms. The van der Waals surface area contributed by atoms with Crippen LogP contribution in [0.4, 0.5) is 0 Å². The summed E-state index contributed by atoms with van der Waals surface area (Å²) in [6, 6.07) is 20.0. The molecule has 256 valence electrons. The number of hydrogen-bond acceptors (Lipinski definition) is 6. The molecule has 4 aromatic carbocycles. The first-order valence-electron chi connectivity index (χ1n) is 17.2. The number of benzene rings is 4. The van der Waals surface area contributed by atoms with E-state index in [-0.39, 0.29) is 39.6 Å². The second kappa shape index (κ2) is 12.0. The summed E-state index contributed by atoms with van der Waals surface area (Å²) in [5.74, 6) is 0.356. The van der Waals surface area contributed by atoms with Gasteiger partial charge in [-0.1, -0.05) is 93.5 Å². The highest BCUT2D eigenvalue weighted by molar-refractivity contribution is 5.95. The maximum absolute atomic E-state index is 12.0. The van der Waals surface area contributed by atoms with E-state index in [0.29, 0.717) is 11.1 Å². The Hall–Kier alpha value is -4.72. The molecule has 0 fully saturated rings. The van der Waals surface area contributed by atoms with Gasteiger partial charge < -0.3 is 10.2 Å². The summed E-state index contributed by atoms with van der Waals surface area (Å²) in [6.45, 7) is 22.4. The van der Waals surface area contributed by atoms with Gasteiger partial charge >= 0.3 is 0 Å². The van der Waals surface area contributed by atoms with Crippen LogP contribution in [0.25, 0.3) is 44.3 Å². The third-order valence-electron chi connectivity index (χ3n) is 9.59. The standard InChI is InChI=1S/C41H50N6O2/c1-38(2,3)22-40(7,8)24-17-28(26-13-11-15-32-36(26)44-46-42-32)30(34(48)19-24)21-31-29(27-14-12-16-33-37(27)45-47-43-33)18-25(20-35(31)49)41(9,10)23-39(4,5)6/h11-20,48-49H,21-23H2,1-10H3,(H,42,44,46)(H,43,45,47). The van der Waals surface area contributed by atoms with E-state index in [9.17, 15) is 10.2 Å². The normalized spacial score (nSPS) is 13.1. The number of phenolic OH excluding ortho intramolecular Hbond substituents is 2. The van der Waals surface area contributed by atoms with Crippen LogP contribution in [-0.2, 0) is 17.3 Å². The largest absolute Gasteiger partial charge is 0.508 e. The lowest BCUT2D eigenvalue weighted by Crippen LogP contribution is -2.25. The van der Waals surface area contributed by atoms with Crippen molar-refractivity contribution in [3.63, 3.8) is 0 Å². The Morgan fingerprint density at radius 2 is 0.898 bits per heavy atom. The number of para-hydroxylation sites is 2. The number of nitrogens with one attached hydrogen (secondary N) is 2. The molecule has 6 rings (SSSR count). The lowest BCUT2D eigenvalue weighted by atomic mass is 9.71. The first kappa shape index (κ1) is 34.2. The van der Waals surface area contributed by atoms with Gasteiger partial charge in [-0.25, -0.2) is 0 Å². The van der Waals surface area contributed by atoms with Gasteiger partial charge in [-0.2, -0.15) is 30.8 Å². The number of aromatic hydroxyl groups is 2. The van der Waals surface area contributed by atoms with Crippen molar-refractivity contribution in [1.29, 1.82) is 0 Å². The van der Waals surface area contributed by atoms with Gasteiger partial charge in [0.1, 0.15) is 33.6 Å². The molecular formula is C41H50N6O2. The fraction of sp³-hybridized carbons (Fsp3) is 0.415. The van der Waals surface area contributed by atoms with Gasteiger partial charge in [-0.05, 0) is 93.2 Å². The topological polar surface area (TPSA) is 124 Å². The number of aromatic nitrogens is 6. The second-order valence-corrected chi connectivity index (χ2v) is 17.5. The molecule has 0 unspecified atom stereocenters. The molecule has 0 aliphatic rings. The minimum absolute atomic E-state index is 0.0788. The van der Waals surface area contributed by atoms with E-state index in [2.05, 4.69) is 112 Å². The van der Waals surface area contributed by atoms with E-state index in [1.54, 1.807) is 0 Å². The van der Waals surface area contributed by atoms with Crippen molar-refractivity contribution in [2.24, 2.45) is 10.8 Å². The average molecular weight is 659 g/mol. The highest BCUT2D eigenvalue weighted by atomic mass is 16.3. The first-order valence-corrected chi connectivity index (χ1v) is 17.2. The Balaban J connectivity index is 1.61. The summed E-state index contributed by atoms with van der Waals surface area (Å²) in [5.41, 5.74) is 9.59. The van der Waals surface area contributed by atoms with Crippen LogP contribution >= 0.6 is 0 Å². The van der Waals surface area contributed by atoms with Crippen molar-refractivity contribution in [3.8, 4) is 33.8 Å². The van der Waals surface area contributed by atoms with E-state index in [1.165, 1.54) is 0 Å². The molecule has 6 aromatic rings. The Kier molecular flexibility index (Phi) is 8.37. The van der Waals surface area contributed by atoms with Gasteiger partial charge in [0.15, 0.2) is 0 Å².